The van der Waals surface area contributed by atoms with Gasteiger partial charge in [-0.25, -0.2) is 4.79 Å². The highest BCUT2D eigenvalue weighted by Gasteiger charge is 2.30. The summed E-state index contributed by atoms with van der Waals surface area (Å²) in [6, 6.07) is 8.10. The van der Waals surface area contributed by atoms with Crippen molar-refractivity contribution in [1.29, 1.82) is 0 Å². The second kappa shape index (κ2) is 6.85. The molecule has 21 heavy (non-hydrogen) atoms. The molecule has 2 unspecified atom stereocenters. The molecule has 4 heteroatoms. The van der Waals surface area contributed by atoms with Gasteiger partial charge in [-0.15, -0.1) is 0 Å². The van der Waals surface area contributed by atoms with Gasteiger partial charge in [-0.1, -0.05) is 19.1 Å². The van der Waals surface area contributed by atoms with Crippen LogP contribution in [0.2, 0.25) is 0 Å². The molecule has 1 aliphatic heterocycles. The van der Waals surface area contributed by atoms with Gasteiger partial charge in [0.05, 0.1) is 12.7 Å². The highest BCUT2D eigenvalue weighted by Crippen LogP contribution is 2.25. The predicted octanol–water partition coefficient (Wildman–Crippen LogP) is 2.81. The quantitative estimate of drug-likeness (QED) is 0.800. The molecule has 0 bridgehead atoms. The summed E-state index contributed by atoms with van der Waals surface area (Å²) in [5.41, 5.74) is 1.72. The van der Waals surface area contributed by atoms with Crippen molar-refractivity contribution in [3.05, 3.63) is 35.4 Å². The zero-order chi connectivity index (χ0) is 15.4. The average Bonchev–Trinajstić information content (AvgIpc) is 2.49. The number of esters is 1. The first kappa shape index (κ1) is 15.7. The Morgan fingerprint density at radius 2 is 1.95 bits per heavy atom. The van der Waals surface area contributed by atoms with Gasteiger partial charge in [0.15, 0.2) is 0 Å². The Hall–Kier alpha value is -1.68. The van der Waals surface area contributed by atoms with Gasteiger partial charge in [0.1, 0.15) is 5.78 Å². The van der Waals surface area contributed by atoms with Crippen LogP contribution in [0.15, 0.2) is 24.3 Å². The van der Waals surface area contributed by atoms with Crippen LogP contribution in [0.4, 0.5) is 0 Å². The van der Waals surface area contributed by atoms with Gasteiger partial charge in [-0.2, -0.15) is 0 Å². The number of hydrogen-bond acceptors (Lipinski definition) is 4. The molecule has 1 saturated heterocycles. The van der Waals surface area contributed by atoms with Crippen molar-refractivity contribution in [2.75, 3.05) is 7.11 Å². The van der Waals surface area contributed by atoms with Crippen LogP contribution in [0, 0.1) is 0 Å². The summed E-state index contributed by atoms with van der Waals surface area (Å²) in [6.45, 7) is 5.06. The second-order valence-corrected chi connectivity index (χ2v) is 5.72. The highest BCUT2D eigenvalue weighted by atomic mass is 16.5. The minimum atomic E-state index is -0.315. The number of methoxy groups -OCH3 is 1. The van der Waals surface area contributed by atoms with E-state index in [4.69, 9.17) is 4.74 Å². The van der Waals surface area contributed by atoms with Crippen LogP contribution in [0.5, 0.6) is 0 Å². The molecule has 114 valence electrons. The van der Waals surface area contributed by atoms with E-state index in [1.165, 1.54) is 7.11 Å². The average molecular weight is 289 g/mol. The molecule has 4 nitrogen and oxygen atoms in total. The highest BCUT2D eigenvalue weighted by molar-refractivity contribution is 5.89. The van der Waals surface area contributed by atoms with E-state index in [0.29, 0.717) is 30.2 Å². The molecule has 1 aromatic carbocycles. The summed E-state index contributed by atoms with van der Waals surface area (Å²) >= 11 is 0. The molecule has 2 atom stereocenters. The van der Waals surface area contributed by atoms with E-state index in [0.717, 1.165) is 18.5 Å². The maximum Gasteiger partial charge on any atom is 0.337 e. The summed E-state index contributed by atoms with van der Waals surface area (Å²) in [5.74, 6) is 0.0524. The number of ether oxygens (including phenoxy) is 1. The van der Waals surface area contributed by atoms with E-state index in [9.17, 15) is 9.59 Å². The van der Waals surface area contributed by atoms with Crippen LogP contribution in [0.25, 0.3) is 0 Å². The van der Waals surface area contributed by atoms with Crippen LogP contribution < -0.4 is 0 Å². The van der Waals surface area contributed by atoms with E-state index in [1.54, 1.807) is 12.1 Å². The first-order chi connectivity index (χ1) is 10.0. The zero-order valence-corrected chi connectivity index (χ0v) is 13.0. The molecule has 1 fully saturated rings. The molecule has 1 aliphatic rings. The number of benzene rings is 1. The molecule has 0 spiro atoms. The van der Waals surface area contributed by atoms with Gasteiger partial charge in [0.2, 0.25) is 0 Å². The van der Waals surface area contributed by atoms with Crippen LogP contribution >= 0.6 is 0 Å². The summed E-state index contributed by atoms with van der Waals surface area (Å²) < 4.78 is 4.70. The predicted molar refractivity (Wildman–Crippen MR) is 81.1 cm³/mol. The smallest absolute Gasteiger partial charge is 0.337 e. The fraction of sp³-hybridized carbons (Fsp3) is 0.529. The number of rotatable bonds is 4. The number of ketones is 1. The Bertz CT molecular complexity index is 509. The molecule has 0 radical (unpaired) electrons. The number of carbonyl (C=O) groups is 2. The van der Waals surface area contributed by atoms with E-state index >= 15 is 0 Å². The van der Waals surface area contributed by atoms with Crippen LogP contribution in [-0.4, -0.2) is 35.8 Å². The topological polar surface area (TPSA) is 46.6 Å². The van der Waals surface area contributed by atoms with Crippen molar-refractivity contribution in [3.8, 4) is 0 Å². The monoisotopic (exact) mass is 289 g/mol. The molecule has 0 amide bonds. The van der Waals surface area contributed by atoms with Gasteiger partial charge < -0.3 is 4.74 Å². The molecule has 0 saturated carbocycles. The number of likely N-dealkylation sites (tertiary alicyclic amines) is 1. The van der Waals surface area contributed by atoms with E-state index in [2.05, 4.69) is 18.7 Å². The fourth-order valence-electron chi connectivity index (χ4n) is 3.01. The largest absolute Gasteiger partial charge is 0.465 e. The Labute approximate surface area is 126 Å². The fourth-order valence-corrected chi connectivity index (χ4v) is 3.01. The number of carbonyl (C=O) groups excluding carboxylic acids is 2. The van der Waals surface area contributed by atoms with Crippen molar-refractivity contribution in [3.63, 3.8) is 0 Å². The third kappa shape index (κ3) is 3.70. The lowest BCUT2D eigenvalue weighted by molar-refractivity contribution is -0.125. The van der Waals surface area contributed by atoms with Gasteiger partial charge in [-0.05, 0) is 31.0 Å². The van der Waals surface area contributed by atoms with E-state index in [1.807, 2.05) is 12.1 Å². The lowest BCUT2D eigenvalue weighted by atomic mass is 9.93. The number of piperidine rings is 1. The van der Waals surface area contributed by atoms with Crippen molar-refractivity contribution in [2.24, 2.45) is 0 Å². The van der Waals surface area contributed by atoms with Gasteiger partial charge >= 0.3 is 5.97 Å². The van der Waals surface area contributed by atoms with Gasteiger partial charge in [0.25, 0.3) is 0 Å². The molecule has 1 aromatic rings. The Balaban J connectivity index is 2.09. The summed E-state index contributed by atoms with van der Waals surface area (Å²) in [5, 5.41) is 0. The van der Waals surface area contributed by atoms with Crippen LogP contribution in [-0.2, 0) is 16.1 Å². The van der Waals surface area contributed by atoms with Crippen LogP contribution in [0.3, 0.4) is 0 Å². The molecule has 0 aromatic heterocycles. The van der Waals surface area contributed by atoms with E-state index in [-0.39, 0.29) is 12.0 Å². The first-order valence-electron chi connectivity index (χ1n) is 7.49. The molecule has 0 N–H and O–H groups in total. The lowest BCUT2D eigenvalue weighted by Crippen LogP contribution is -2.47. The van der Waals surface area contributed by atoms with Gasteiger partial charge in [-0.3, -0.25) is 9.69 Å². The first-order valence-corrected chi connectivity index (χ1v) is 7.49. The molecule has 0 aliphatic carbocycles. The normalized spacial score (nSPS) is 23.1. The van der Waals surface area contributed by atoms with Crippen molar-refractivity contribution in [1.82, 2.24) is 4.90 Å². The molecule has 1 heterocycles. The Kier molecular flexibility index (Phi) is 5.12. The molecule has 2 rings (SSSR count). The molecular weight excluding hydrogens is 266 g/mol. The third-order valence-electron chi connectivity index (χ3n) is 4.23. The number of nitrogens with zero attached hydrogens (tertiary/aromatic N) is 1. The lowest BCUT2D eigenvalue weighted by Gasteiger charge is -2.39. The van der Waals surface area contributed by atoms with Crippen molar-refractivity contribution >= 4 is 11.8 Å². The maximum atomic E-state index is 11.7. The zero-order valence-electron chi connectivity index (χ0n) is 13.0. The van der Waals surface area contributed by atoms with E-state index < -0.39 is 0 Å². The van der Waals surface area contributed by atoms with Gasteiger partial charge in [0, 0.05) is 31.5 Å². The van der Waals surface area contributed by atoms with Crippen molar-refractivity contribution in [2.45, 2.75) is 51.7 Å². The maximum absolute atomic E-state index is 11.7. The third-order valence-corrected chi connectivity index (χ3v) is 4.23. The number of hydrogen-bond donors (Lipinski definition) is 0. The molecular formula is C17H23NO3. The minimum absolute atomic E-state index is 0.275. The number of Topliss-reactive ketones (excluding diaryl/α,β-unsaturated/α-hetero) is 1. The Morgan fingerprint density at radius 3 is 2.52 bits per heavy atom. The second-order valence-electron chi connectivity index (χ2n) is 5.72. The minimum Gasteiger partial charge on any atom is -0.465 e. The van der Waals surface area contributed by atoms with Crippen molar-refractivity contribution < 1.29 is 14.3 Å². The van der Waals surface area contributed by atoms with Crippen LogP contribution in [0.1, 0.15) is 49.0 Å². The summed E-state index contributed by atoms with van der Waals surface area (Å²) in [7, 11) is 1.38. The summed E-state index contributed by atoms with van der Waals surface area (Å²) in [6.07, 6.45) is 2.27. The Morgan fingerprint density at radius 1 is 1.29 bits per heavy atom. The summed E-state index contributed by atoms with van der Waals surface area (Å²) in [4.78, 5) is 25.5. The SMILES string of the molecule is CCC1CC(=O)CC(C)N1Cc1ccc(C(=O)OC)cc1. The standard InChI is InChI=1S/C17H23NO3/c1-4-15-10-16(19)9-12(2)18(15)11-13-5-7-14(8-6-13)17(20)21-3/h5-8,12,15H,4,9-11H2,1-3H3.